The largest absolute Gasteiger partial charge is 0.0622 e. The van der Waals surface area contributed by atoms with Crippen molar-refractivity contribution in [2.75, 3.05) is 0 Å². The summed E-state index contributed by atoms with van der Waals surface area (Å²) in [4.78, 5) is 0.0794. The van der Waals surface area contributed by atoms with Gasteiger partial charge in [-0.2, -0.15) is 0 Å². The molecule has 0 spiro atoms. The van der Waals surface area contributed by atoms with Gasteiger partial charge in [-0.1, -0.05) is 135 Å². The van der Waals surface area contributed by atoms with Gasteiger partial charge in [0.05, 0.1) is 0 Å². The molecule has 0 saturated carbocycles. The quantitative estimate of drug-likeness (QED) is 0.248. The Hall–Kier alpha value is -0.987. The van der Waals surface area contributed by atoms with Gasteiger partial charge in [0.25, 0.3) is 0 Å². The van der Waals surface area contributed by atoms with Gasteiger partial charge in [-0.05, 0) is 37.1 Å². The molecule has 154 valence electrons. The first-order valence-electron chi connectivity index (χ1n) is 9.98. The minimum Gasteiger partial charge on any atom is -0.0622 e. The fourth-order valence-corrected chi connectivity index (χ4v) is 11.2. The van der Waals surface area contributed by atoms with Crippen molar-refractivity contribution in [1.29, 1.82) is 0 Å². The Balaban J connectivity index is 0.00000256. The molecule has 0 heterocycles. The maximum atomic E-state index is 2.48. The average molecular weight is 575 g/mol. The van der Waals surface area contributed by atoms with Gasteiger partial charge in [0, 0.05) is 43.1 Å². The Morgan fingerprint density at radius 3 is 0.800 bits per heavy atom. The van der Waals surface area contributed by atoms with Crippen LogP contribution in [0.15, 0.2) is 121 Å². The third-order valence-corrected chi connectivity index (χ3v) is 11.8. The first-order valence-corrected chi connectivity index (χ1v) is 12.7. The summed E-state index contributed by atoms with van der Waals surface area (Å²) < 4.78 is 0. The number of hydrogen-bond acceptors (Lipinski definition) is 0. The van der Waals surface area contributed by atoms with Crippen molar-refractivity contribution >= 4 is 37.1 Å². The molecule has 0 aliphatic carbocycles. The molecule has 0 aliphatic rings. The fourth-order valence-electron chi connectivity index (χ4n) is 3.97. The minimum absolute atomic E-state index is 0. The van der Waals surface area contributed by atoms with Crippen molar-refractivity contribution in [1.82, 2.24) is 0 Å². The second-order valence-electron chi connectivity index (χ2n) is 7.51. The van der Waals surface area contributed by atoms with E-state index in [2.05, 4.69) is 135 Å². The van der Waals surface area contributed by atoms with Crippen molar-refractivity contribution < 1.29 is 38.2 Å². The first-order chi connectivity index (χ1) is 14.2. The molecular weight excluding hydrogens is 549 g/mol. The molecular formula is C27H26DyP2. The monoisotopic (exact) mass is 576 g/mol. The third kappa shape index (κ3) is 5.25. The molecule has 0 unspecified atom stereocenters. The van der Waals surface area contributed by atoms with E-state index in [1.54, 1.807) is 0 Å². The summed E-state index contributed by atoms with van der Waals surface area (Å²) in [7, 11) is -1.10. The van der Waals surface area contributed by atoms with Crippen LogP contribution >= 0.6 is 15.8 Å². The predicted molar refractivity (Wildman–Crippen MR) is 132 cm³/mol. The van der Waals surface area contributed by atoms with Crippen molar-refractivity contribution in [3.63, 3.8) is 0 Å². The van der Waals surface area contributed by atoms with Crippen LogP contribution < -0.4 is 21.2 Å². The predicted octanol–water partition coefficient (Wildman–Crippen LogP) is 5.99. The number of benzene rings is 4. The summed E-state index contributed by atoms with van der Waals surface area (Å²) in [5.41, 5.74) is 0. The molecule has 0 N–H and O–H groups in total. The molecule has 0 saturated heterocycles. The van der Waals surface area contributed by atoms with Crippen LogP contribution in [0, 0.1) is 38.2 Å². The second-order valence-corrected chi connectivity index (χ2v) is 13.5. The SMILES string of the molecule is CC(C)(P(c1ccccc1)c1ccccc1)P(c1ccccc1)c1ccccc1.[Dy]. The van der Waals surface area contributed by atoms with Crippen LogP contribution in [0.3, 0.4) is 0 Å². The van der Waals surface area contributed by atoms with Crippen molar-refractivity contribution in [2.24, 2.45) is 0 Å². The van der Waals surface area contributed by atoms with E-state index in [1.807, 2.05) is 0 Å². The van der Waals surface area contributed by atoms with Gasteiger partial charge in [-0.3, -0.25) is 0 Å². The summed E-state index contributed by atoms with van der Waals surface area (Å²) in [5, 5.41) is 5.77. The number of rotatable bonds is 6. The van der Waals surface area contributed by atoms with Crippen LogP contribution in [0.4, 0.5) is 0 Å². The Morgan fingerprint density at radius 2 is 0.600 bits per heavy atom. The van der Waals surface area contributed by atoms with Crippen LogP contribution in [-0.4, -0.2) is 4.90 Å². The Morgan fingerprint density at radius 1 is 0.400 bits per heavy atom. The third-order valence-electron chi connectivity index (χ3n) is 5.15. The molecule has 0 aliphatic heterocycles. The zero-order valence-corrected chi connectivity index (χ0v) is 21.1. The second kappa shape index (κ2) is 11.0. The van der Waals surface area contributed by atoms with Gasteiger partial charge >= 0.3 is 0 Å². The molecule has 0 fully saturated rings. The summed E-state index contributed by atoms with van der Waals surface area (Å²) >= 11 is 0. The summed E-state index contributed by atoms with van der Waals surface area (Å²) in [6, 6.07) is 44.4. The van der Waals surface area contributed by atoms with E-state index in [0.717, 1.165) is 0 Å². The van der Waals surface area contributed by atoms with Crippen LogP contribution in [0.2, 0.25) is 0 Å². The molecule has 30 heavy (non-hydrogen) atoms. The fraction of sp³-hybridized carbons (Fsp3) is 0.111. The zero-order chi connectivity index (χ0) is 20.1. The maximum Gasteiger partial charge on any atom is 0.0210 e. The van der Waals surface area contributed by atoms with E-state index in [-0.39, 0.29) is 43.1 Å². The summed E-state index contributed by atoms with van der Waals surface area (Å²) in [6.07, 6.45) is 0. The molecule has 0 amide bonds. The molecule has 0 radical (unpaired) electrons. The Kier molecular flexibility index (Phi) is 8.72. The molecule has 0 aromatic heterocycles. The Bertz CT molecular complexity index is 855. The minimum atomic E-state index is -0.552. The van der Waals surface area contributed by atoms with Crippen LogP contribution in [0.1, 0.15) is 13.8 Å². The van der Waals surface area contributed by atoms with E-state index in [1.165, 1.54) is 21.2 Å². The molecule has 0 nitrogen and oxygen atoms in total. The average Bonchev–Trinajstić information content (AvgIpc) is 2.77. The normalized spacial score (nSPS) is 11.3. The van der Waals surface area contributed by atoms with Crippen molar-refractivity contribution in [2.45, 2.75) is 18.7 Å². The van der Waals surface area contributed by atoms with Gasteiger partial charge in [0.15, 0.2) is 0 Å². The van der Waals surface area contributed by atoms with E-state index in [4.69, 9.17) is 0 Å². The van der Waals surface area contributed by atoms with E-state index < -0.39 is 15.8 Å². The van der Waals surface area contributed by atoms with Crippen molar-refractivity contribution in [3.05, 3.63) is 121 Å². The maximum absolute atomic E-state index is 2.48. The topological polar surface area (TPSA) is 0 Å². The van der Waals surface area contributed by atoms with Crippen LogP contribution in [0.25, 0.3) is 0 Å². The summed E-state index contributed by atoms with van der Waals surface area (Å²) in [5.74, 6) is 0. The van der Waals surface area contributed by atoms with Gasteiger partial charge in [-0.25, -0.2) is 0 Å². The zero-order valence-electron chi connectivity index (χ0n) is 17.3. The molecule has 0 bridgehead atoms. The summed E-state index contributed by atoms with van der Waals surface area (Å²) in [6.45, 7) is 4.95. The van der Waals surface area contributed by atoms with Gasteiger partial charge in [0.2, 0.25) is 0 Å². The van der Waals surface area contributed by atoms with Gasteiger partial charge < -0.3 is 0 Å². The van der Waals surface area contributed by atoms with E-state index >= 15 is 0 Å². The van der Waals surface area contributed by atoms with Gasteiger partial charge in [-0.15, -0.1) is 0 Å². The van der Waals surface area contributed by atoms with Crippen molar-refractivity contribution in [3.8, 4) is 0 Å². The molecule has 4 rings (SSSR count). The standard InChI is InChI=1S/C27H26P2.Dy/c1-27(2,28(23-15-7-3-8-16-23)24-17-9-4-10-18-24)29(25-19-11-5-12-20-25)26-21-13-6-14-22-26;/h3-22H,1-2H3;. The van der Waals surface area contributed by atoms with Gasteiger partial charge in [0.1, 0.15) is 0 Å². The molecule has 3 heteroatoms. The first kappa shape index (κ1) is 23.7. The molecule has 4 aromatic carbocycles. The van der Waals surface area contributed by atoms with E-state index in [9.17, 15) is 0 Å². The molecule has 0 atom stereocenters. The van der Waals surface area contributed by atoms with Crippen LogP contribution in [-0.2, 0) is 0 Å². The number of hydrogen-bond donors (Lipinski definition) is 0. The Labute approximate surface area is 213 Å². The molecule has 4 aromatic rings. The van der Waals surface area contributed by atoms with E-state index in [0.29, 0.717) is 0 Å². The smallest absolute Gasteiger partial charge is 0.0210 e. The van der Waals surface area contributed by atoms with Crippen LogP contribution in [0.5, 0.6) is 0 Å².